The van der Waals surface area contributed by atoms with E-state index in [4.69, 9.17) is 0 Å². The quantitative estimate of drug-likeness (QED) is 0.824. The predicted molar refractivity (Wildman–Crippen MR) is 89.3 cm³/mol. The highest BCUT2D eigenvalue weighted by Crippen LogP contribution is 2.09. The molecule has 1 N–H and O–H groups in total. The number of rotatable bonds is 5. The fraction of sp³-hybridized carbons (Fsp3) is 0.294. The number of carbonyl (C=O) groups is 2. The van der Waals surface area contributed by atoms with Gasteiger partial charge in [-0.05, 0) is 17.7 Å². The Bertz CT molecular complexity index is 728. The lowest BCUT2D eigenvalue weighted by atomic mass is 10.2. The van der Waals surface area contributed by atoms with E-state index in [0.29, 0.717) is 38.5 Å². The lowest BCUT2D eigenvalue weighted by molar-refractivity contribution is -0.119. The first-order valence-electron chi connectivity index (χ1n) is 7.94. The first kappa shape index (κ1) is 16.8. The van der Waals surface area contributed by atoms with Crippen LogP contribution in [0.15, 0.2) is 36.7 Å². The second-order valence-electron chi connectivity index (χ2n) is 5.70. The van der Waals surface area contributed by atoms with Gasteiger partial charge in [0.05, 0.1) is 12.4 Å². The zero-order chi connectivity index (χ0) is 17.6. The highest BCUT2D eigenvalue weighted by Gasteiger charge is 2.22. The Morgan fingerprint density at radius 3 is 2.44 bits per heavy atom. The third-order valence-corrected chi connectivity index (χ3v) is 4.01. The Morgan fingerprint density at radius 2 is 1.84 bits per heavy atom. The van der Waals surface area contributed by atoms with E-state index < -0.39 is 0 Å². The molecule has 2 aromatic rings. The van der Waals surface area contributed by atoms with Crippen LogP contribution >= 0.6 is 0 Å². The molecular weight excluding hydrogens is 325 g/mol. The highest BCUT2D eigenvalue weighted by molar-refractivity contribution is 5.92. The van der Waals surface area contributed by atoms with E-state index in [0.717, 1.165) is 12.0 Å². The van der Waals surface area contributed by atoms with E-state index >= 15 is 0 Å². The van der Waals surface area contributed by atoms with Gasteiger partial charge in [0.25, 0.3) is 5.91 Å². The number of aromatic nitrogens is 2. The molecule has 1 aliphatic rings. The summed E-state index contributed by atoms with van der Waals surface area (Å²) >= 11 is 0. The average molecular weight is 343 g/mol. The number of hydrogen-bond acceptors (Lipinski definition) is 5. The van der Waals surface area contributed by atoms with Gasteiger partial charge in [0, 0.05) is 32.7 Å². The van der Waals surface area contributed by atoms with Crippen molar-refractivity contribution in [2.45, 2.75) is 6.54 Å². The van der Waals surface area contributed by atoms with Gasteiger partial charge in [-0.2, -0.15) is 0 Å². The van der Waals surface area contributed by atoms with Crippen molar-refractivity contribution in [1.82, 2.24) is 19.8 Å². The summed E-state index contributed by atoms with van der Waals surface area (Å²) in [5.74, 6) is 0.0650. The van der Waals surface area contributed by atoms with Crippen LogP contribution in [0.4, 0.5) is 10.2 Å². The van der Waals surface area contributed by atoms with E-state index in [2.05, 4.69) is 15.3 Å². The molecule has 1 aromatic heterocycles. The molecule has 2 heterocycles. The summed E-state index contributed by atoms with van der Waals surface area (Å²) in [5, 5.41) is 3.07. The van der Waals surface area contributed by atoms with E-state index in [1.54, 1.807) is 21.9 Å². The maximum Gasteiger partial charge on any atom is 0.274 e. The van der Waals surface area contributed by atoms with Gasteiger partial charge in [-0.1, -0.05) is 12.1 Å². The van der Waals surface area contributed by atoms with Crippen LogP contribution in [0, 0.1) is 5.82 Å². The molecule has 7 nitrogen and oxygen atoms in total. The number of nitrogens with one attached hydrogen (secondary N) is 1. The van der Waals surface area contributed by atoms with Crippen LogP contribution in [-0.2, 0) is 11.3 Å². The fourth-order valence-corrected chi connectivity index (χ4v) is 2.52. The molecule has 25 heavy (non-hydrogen) atoms. The Kier molecular flexibility index (Phi) is 5.17. The van der Waals surface area contributed by atoms with Gasteiger partial charge >= 0.3 is 0 Å². The topological polar surface area (TPSA) is 78.4 Å². The molecular formula is C17H18FN5O2. The van der Waals surface area contributed by atoms with Crippen molar-refractivity contribution in [1.29, 1.82) is 0 Å². The standard InChI is InChI=1S/C17H18FN5O2/c18-14-3-1-13(2-4-14)9-20-16-11-19-15(10-21-16)17(25)23-7-5-22(12-24)6-8-23/h1-4,10-12H,5-9H2,(H,20,21). The van der Waals surface area contributed by atoms with Gasteiger partial charge in [0.1, 0.15) is 17.3 Å². The van der Waals surface area contributed by atoms with Crippen LogP contribution in [0.1, 0.15) is 16.1 Å². The summed E-state index contributed by atoms with van der Waals surface area (Å²) in [5.41, 5.74) is 1.18. The molecule has 1 aromatic carbocycles. The van der Waals surface area contributed by atoms with E-state index in [1.165, 1.54) is 24.5 Å². The molecule has 0 spiro atoms. The zero-order valence-corrected chi connectivity index (χ0v) is 13.6. The number of benzene rings is 1. The van der Waals surface area contributed by atoms with Crippen LogP contribution in [-0.4, -0.2) is 58.3 Å². The first-order chi connectivity index (χ1) is 12.2. The summed E-state index contributed by atoms with van der Waals surface area (Å²) < 4.78 is 12.9. The number of piperazine rings is 1. The van der Waals surface area contributed by atoms with Crippen LogP contribution in [0.3, 0.4) is 0 Å². The summed E-state index contributed by atoms with van der Waals surface area (Å²) in [4.78, 5) is 34.7. The molecule has 130 valence electrons. The molecule has 1 fully saturated rings. The minimum absolute atomic E-state index is 0.192. The average Bonchev–Trinajstić information content (AvgIpc) is 2.67. The number of hydrogen-bond donors (Lipinski definition) is 1. The predicted octanol–water partition coefficient (Wildman–Crippen LogP) is 1.14. The Hall–Kier alpha value is -3.03. The Balaban J connectivity index is 1.55. The van der Waals surface area contributed by atoms with E-state index in [9.17, 15) is 14.0 Å². The number of amides is 2. The largest absolute Gasteiger partial charge is 0.365 e. The molecule has 3 rings (SSSR count). The van der Waals surface area contributed by atoms with Crippen LogP contribution in [0.5, 0.6) is 0 Å². The van der Waals surface area contributed by atoms with Crippen molar-refractivity contribution >= 4 is 18.1 Å². The number of anilines is 1. The van der Waals surface area contributed by atoms with E-state index in [-0.39, 0.29) is 17.4 Å². The number of halogens is 1. The maximum absolute atomic E-state index is 12.9. The van der Waals surface area contributed by atoms with Gasteiger partial charge in [-0.25, -0.2) is 14.4 Å². The van der Waals surface area contributed by atoms with E-state index in [1.807, 2.05) is 0 Å². The van der Waals surface area contributed by atoms with Crippen molar-refractivity contribution in [2.24, 2.45) is 0 Å². The van der Waals surface area contributed by atoms with Gasteiger partial charge < -0.3 is 15.1 Å². The molecule has 0 radical (unpaired) electrons. The highest BCUT2D eigenvalue weighted by atomic mass is 19.1. The molecule has 2 amide bonds. The number of nitrogens with zero attached hydrogens (tertiary/aromatic N) is 4. The minimum atomic E-state index is -0.277. The Morgan fingerprint density at radius 1 is 1.12 bits per heavy atom. The van der Waals surface area contributed by atoms with Crippen molar-refractivity contribution in [3.63, 3.8) is 0 Å². The SMILES string of the molecule is O=CN1CCN(C(=O)c2cnc(NCc3ccc(F)cc3)cn2)CC1. The van der Waals surface area contributed by atoms with Gasteiger partial charge in [-0.15, -0.1) is 0 Å². The Labute approximate surface area is 144 Å². The molecule has 0 unspecified atom stereocenters. The summed E-state index contributed by atoms with van der Waals surface area (Å²) in [6, 6.07) is 6.17. The normalized spacial score (nSPS) is 14.3. The van der Waals surface area contributed by atoms with Gasteiger partial charge in [0.15, 0.2) is 0 Å². The molecule has 8 heteroatoms. The van der Waals surface area contributed by atoms with Crippen molar-refractivity contribution in [3.05, 3.63) is 53.7 Å². The van der Waals surface area contributed by atoms with Crippen LogP contribution in [0.25, 0.3) is 0 Å². The van der Waals surface area contributed by atoms with Gasteiger partial charge in [-0.3, -0.25) is 9.59 Å². The lowest BCUT2D eigenvalue weighted by Gasteiger charge is -2.32. The second-order valence-corrected chi connectivity index (χ2v) is 5.70. The fourth-order valence-electron chi connectivity index (χ4n) is 2.52. The third-order valence-electron chi connectivity index (χ3n) is 4.01. The van der Waals surface area contributed by atoms with Crippen molar-refractivity contribution < 1.29 is 14.0 Å². The molecule has 0 bridgehead atoms. The molecule has 0 saturated carbocycles. The third kappa shape index (κ3) is 4.28. The zero-order valence-electron chi connectivity index (χ0n) is 13.6. The smallest absolute Gasteiger partial charge is 0.274 e. The van der Waals surface area contributed by atoms with Crippen LogP contribution < -0.4 is 5.32 Å². The maximum atomic E-state index is 12.9. The summed E-state index contributed by atoms with van der Waals surface area (Å²) in [7, 11) is 0. The first-order valence-corrected chi connectivity index (χ1v) is 7.94. The minimum Gasteiger partial charge on any atom is -0.365 e. The second kappa shape index (κ2) is 7.69. The molecule has 1 saturated heterocycles. The summed E-state index contributed by atoms with van der Waals surface area (Å²) in [6.45, 7) is 2.52. The lowest BCUT2D eigenvalue weighted by Crippen LogP contribution is -2.48. The molecule has 0 atom stereocenters. The van der Waals surface area contributed by atoms with Gasteiger partial charge in [0.2, 0.25) is 6.41 Å². The van der Waals surface area contributed by atoms with Crippen LogP contribution in [0.2, 0.25) is 0 Å². The van der Waals surface area contributed by atoms with Crippen molar-refractivity contribution in [3.8, 4) is 0 Å². The molecule has 1 aliphatic heterocycles. The van der Waals surface area contributed by atoms with Crippen molar-refractivity contribution in [2.75, 3.05) is 31.5 Å². The molecule has 0 aliphatic carbocycles. The summed E-state index contributed by atoms with van der Waals surface area (Å²) in [6.07, 6.45) is 3.73. The monoisotopic (exact) mass is 343 g/mol. The number of carbonyl (C=O) groups excluding carboxylic acids is 2.